The first-order valence-corrected chi connectivity index (χ1v) is 8.99. The minimum atomic E-state index is -0.378. The average molecular weight is 385 g/mol. The van der Waals surface area contributed by atoms with Crippen molar-refractivity contribution in [1.82, 2.24) is 14.7 Å². The number of halogens is 1. The predicted octanol–water partition coefficient (Wildman–Crippen LogP) is 3.38. The van der Waals surface area contributed by atoms with E-state index in [-0.39, 0.29) is 23.9 Å². The van der Waals surface area contributed by atoms with Crippen molar-refractivity contribution >= 4 is 23.2 Å². The molecule has 1 N–H and O–H groups in total. The first-order chi connectivity index (χ1) is 13.0. The number of amides is 1. The Balaban J connectivity index is 1.59. The maximum Gasteiger partial charge on any atom is 0.274 e. The van der Waals surface area contributed by atoms with Gasteiger partial charge in [0, 0.05) is 12.0 Å². The predicted molar refractivity (Wildman–Crippen MR) is 101 cm³/mol. The summed E-state index contributed by atoms with van der Waals surface area (Å²) in [5, 5.41) is 7.14. The van der Waals surface area contributed by atoms with E-state index >= 15 is 0 Å². The molecular formula is C19H17ClN4O3. The molecule has 3 aromatic rings. The highest BCUT2D eigenvalue weighted by atomic mass is 35.5. The highest BCUT2D eigenvalue weighted by molar-refractivity contribution is 6.33. The third-order valence-corrected chi connectivity index (χ3v) is 4.67. The summed E-state index contributed by atoms with van der Waals surface area (Å²) >= 11 is 6.16. The maximum atomic E-state index is 12.5. The standard InChI is InChI=1S/C19H17ClN4O3/c1-11-5-8-14(13(20)9-11)21-16(25)10-24-15(3-2-4-17(24)26)19-22-18(23-27-19)12-6-7-12/h2-5,8-9,12H,6-7,10H2,1H3,(H,21,25). The number of nitrogens with zero attached hydrogens (tertiary/aromatic N) is 3. The number of nitrogens with one attached hydrogen (secondary N) is 1. The summed E-state index contributed by atoms with van der Waals surface area (Å²) < 4.78 is 6.61. The molecule has 138 valence electrons. The second kappa shape index (κ2) is 7.00. The largest absolute Gasteiger partial charge is 0.332 e. The number of anilines is 1. The summed E-state index contributed by atoms with van der Waals surface area (Å²) in [5.41, 5.74) is 1.56. The minimum absolute atomic E-state index is 0.194. The molecular weight excluding hydrogens is 368 g/mol. The van der Waals surface area contributed by atoms with E-state index < -0.39 is 0 Å². The van der Waals surface area contributed by atoms with E-state index in [4.69, 9.17) is 16.1 Å². The fraction of sp³-hybridized carbons (Fsp3) is 0.263. The van der Waals surface area contributed by atoms with Gasteiger partial charge in [-0.2, -0.15) is 4.98 Å². The zero-order valence-electron chi connectivity index (χ0n) is 14.6. The van der Waals surface area contributed by atoms with Gasteiger partial charge >= 0.3 is 0 Å². The van der Waals surface area contributed by atoms with Crippen LogP contribution in [0.3, 0.4) is 0 Å². The van der Waals surface area contributed by atoms with Crippen molar-refractivity contribution in [2.45, 2.75) is 32.2 Å². The molecule has 1 fully saturated rings. The van der Waals surface area contributed by atoms with Crippen LogP contribution in [-0.4, -0.2) is 20.6 Å². The highest BCUT2D eigenvalue weighted by Crippen LogP contribution is 2.38. The first-order valence-electron chi connectivity index (χ1n) is 8.61. The molecule has 1 amide bonds. The van der Waals surface area contributed by atoms with Crippen LogP contribution in [0.1, 0.15) is 30.1 Å². The van der Waals surface area contributed by atoms with E-state index in [1.807, 2.05) is 13.0 Å². The number of hydrogen-bond donors (Lipinski definition) is 1. The van der Waals surface area contributed by atoms with Crippen LogP contribution in [0.25, 0.3) is 11.6 Å². The lowest BCUT2D eigenvalue weighted by Gasteiger charge is -2.11. The van der Waals surface area contributed by atoms with Gasteiger partial charge in [0.25, 0.3) is 11.4 Å². The van der Waals surface area contributed by atoms with E-state index in [1.54, 1.807) is 24.3 Å². The van der Waals surface area contributed by atoms with Gasteiger partial charge in [0.05, 0.1) is 10.7 Å². The molecule has 1 aliphatic rings. The van der Waals surface area contributed by atoms with Crippen LogP contribution in [0, 0.1) is 6.92 Å². The summed E-state index contributed by atoms with van der Waals surface area (Å²) in [6.45, 7) is 1.72. The first kappa shape index (κ1) is 17.5. The summed E-state index contributed by atoms with van der Waals surface area (Å²) in [5.74, 6) is 0.829. The molecule has 0 radical (unpaired) electrons. The van der Waals surface area contributed by atoms with Crippen molar-refractivity contribution in [3.05, 3.63) is 63.2 Å². The highest BCUT2D eigenvalue weighted by Gasteiger charge is 2.29. The van der Waals surface area contributed by atoms with Crippen molar-refractivity contribution in [3.63, 3.8) is 0 Å². The molecule has 0 atom stereocenters. The Morgan fingerprint density at radius 3 is 2.89 bits per heavy atom. The Hall–Kier alpha value is -2.93. The fourth-order valence-corrected chi connectivity index (χ4v) is 3.05. The van der Waals surface area contributed by atoms with Gasteiger partial charge in [-0.25, -0.2) is 0 Å². The SMILES string of the molecule is Cc1ccc(NC(=O)Cn2c(-c3nc(C4CC4)no3)cccc2=O)c(Cl)c1. The second-order valence-corrected chi connectivity index (χ2v) is 7.01. The molecule has 2 heterocycles. The normalized spacial score (nSPS) is 13.6. The molecule has 2 aromatic heterocycles. The number of carbonyl (C=O) groups is 1. The smallest absolute Gasteiger partial charge is 0.274 e. The molecule has 8 heteroatoms. The molecule has 0 unspecified atom stereocenters. The van der Waals surface area contributed by atoms with Crippen molar-refractivity contribution in [1.29, 1.82) is 0 Å². The number of aryl methyl sites for hydroxylation is 1. The average Bonchev–Trinajstić information content (AvgIpc) is 3.37. The second-order valence-electron chi connectivity index (χ2n) is 6.60. The monoisotopic (exact) mass is 384 g/mol. The maximum absolute atomic E-state index is 12.5. The van der Waals surface area contributed by atoms with Gasteiger partial charge < -0.3 is 9.84 Å². The van der Waals surface area contributed by atoms with Crippen molar-refractivity contribution in [3.8, 4) is 11.6 Å². The zero-order chi connectivity index (χ0) is 19.0. The van der Waals surface area contributed by atoms with E-state index in [9.17, 15) is 9.59 Å². The van der Waals surface area contributed by atoms with E-state index in [2.05, 4.69) is 15.5 Å². The molecule has 1 saturated carbocycles. The molecule has 1 aromatic carbocycles. The molecule has 0 saturated heterocycles. The van der Waals surface area contributed by atoms with Gasteiger partial charge in [-0.15, -0.1) is 0 Å². The van der Waals surface area contributed by atoms with Gasteiger partial charge in [0.2, 0.25) is 5.91 Å². The summed E-state index contributed by atoms with van der Waals surface area (Å²) in [6.07, 6.45) is 2.08. The molecule has 0 bridgehead atoms. The van der Waals surface area contributed by atoms with Crippen LogP contribution < -0.4 is 10.9 Å². The molecule has 0 spiro atoms. The van der Waals surface area contributed by atoms with Crippen molar-refractivity contribution in [2.75, 3.05) is 5.32 Å². The van der Waals surface area contributed by atoms with Gasteiger partial charge in [0.1, 0.15) is 12.2 Å². The van der Waals surface area contributed by atoms with Gasteiger partial charge in [-0.1, -0.05) is 28.9 Å². The van der Waals surface area contributed by atoms with Crippen LogP contribution in [-0.2, 0) is 11.3 Å². The third-order valence-electron chi connectivity index (χ3n) is 4.35. The number of aromatic nitrogens is 3. The number of carbonyl (C=O) groups excluding carboxylic acids is 1. The Morgan fingerprint density at radius 1 is 1.33 bits per heavy atom. The summed E-state index contributed by atoms with van der Waals surface area (Å²) in [7, 11) is 0. The van der Waals surface area contributed by atoms with Crippen molar-refractivity contribution in [2.24, 2.45) is 0 Å². The lowest BCUT2D eigenvalue weighted by atomic mass is 10.2. The molecule has 7 nitrogen and oxygen atoms in total. The van der Waals surface area contributed by atoms with Gasteiger partial charge in [0.15, 0.2) is 5.82 Å². The number of rotatable bonds is 5. The quantitative estimate of drug-likeness (QED) is 0.728. The molecule has 4 rings (SSSR count). The lowest BCUT2D eigenvalue weighted by molar-refractivity contribution is -0.116. The van der Waals surface area contributed by atoms with Crippen LogP contribution in [0.2, 0.25) is 5.02 Å². The Kier molecular flexibility index (Phi) is 4.53. The van der Waals surface area contributed by atoms with E-state index in [1.165, 1.54) is 10.6 Å². The topological polar surface area (TPSA) is 90.0 Å². The van der Waals surface area contributed by atoms with Crippen LogP contribution >= 0.6 is 11.6 Å². The minimum Gasteiger partial charge on any atom is -0.332 e. The van der Waals surface area contributed by atoms with Crippen LogP contribution in [0.4, 0.5) is 5.69 Å². The summed E-state index contributed by atoms with van der Waals surface area (Å²) in [6, 6.07) is 9.99. The fourth-order valence-electron chi connectivity index (χ4n) is 2.77. The van der Waals surface area contributed by atoms with E-state index in [0.29, 0.717) is 28.1 Å². The van der Waals surface area contributed by atoms with Crippen LogP contribution in [0.5, 0.6) is 0 Å². The molecule has 27 heavy (non-hydrogen) atoms. The number of benzene rings is 1. The van der Waals surface area contributed by atoms with Gasteiger partial charge in [-0.3, -0.25) is 14.2 Å². The zero-order valence-corrected chi connectivity index (χ0v) is 15.4. The number of hydrogen-bond acceptors (Lipinski definition) is 5. The summed E-state index contributed by atoms with van der Waals surface area (Å²) in [4.78, 5) is 29.2. The van der Waals surface area contributed by atoms with Crippen LogP contribution in [0.15, 0.2) is 45.7 Å². The molecule has 1 aliphatic carbocycles. The van der Waals surface area contributed by atoms with Crippen molar-refractivity contribution < 1.29 is 9.32 Å². The Bertz CT molecular complexity index is 1070. The Morgan fingerprint density at radius 2 is 2.15 bits per heavy atom. The third kappa shape index (κ3) is 3.78. The number of pyridine rings is 1. The van der Waals surface area contributed by atoms with Gasteiger partial charge in [-0.05, 0) is 43.5 Å². The molecule has 0 aliphatic heterocycles. The van der Waals surface area contributed by atoms with E-state index in [0.717, 1.165) is 18.4 Å². The lowest BCUT2D eigenvalue weighted by Crippen LogP contribution is -2.28. The Labute approximate surface area is 160 Å².